The van der Waals surface area contributed by atoms with Crippen molar-refractivity contribution in [1.82, 2.24) is 5.32 Å². The highest BCUT2D eigenvalue weighted by molar-refractivity contribution is 5.78. The van der Waals surface area contributed by atoms with E-state index in [4.69, 9.17) is 0 Å². The van der Waals surface area contributed by atoms with Crippen LogP contribution in [-0.4, -0.2) is 18.9 Å². The van der Waals surface area contributed by atoms with Crippen molar-refractivity contribution >= 4 is 5.78 Å². The maximum atomic E-state index is 12.1. The summed E-state index contributed by atoms with van der Waals surface area (Å²) in [5.74, 6) is 1.54. The fourth-order valence-electron chi connectivity index (χ4n) is 7.62. The minimum Gasteiger partial charge on any atom is -0.317 e. The van der Waals surface area contributed by atoms with E-state index in [0.717, 1.165) is 38.1 Å². The highest BCUT2D eigenvalue weighted by Crippen LogP contribution is 2.25. The lowest BCUT2D eigenvalue weighted by Crippen LogP contribution is -2.16. The van der Waals surface area contributed by atoms with E-state index < -0.39 is 0 Å². The Bertz CT molecular complexity index is 558. The maximum absolute atomic E-state index is 12.1. The standard InChI is InChI=1S/C43H85NO/c1-2-3-4-5-6-7-14-20-25-31-38-43(45)39-32-27-34-41-44-40-33-26-21-16-15-19-24-30-37-42-35-28-22-17-12-10-8-9-11-13-18-23-29-36-42/h42,44H,2-41H2,1H3. The Balaban J connectivity index is 1.81. The summed E-state index contributed by atoms with van der Waals surface area (Å²) in [7, 11) is 0. The number of unbranched alkanes of at least 4 members (excludes halogenated alkanes) is 18. The van der Waals surface area contributed by atoms with E-state index in [0.29, 0.717) is 5.78 Å². The summed E-state index contributed by atoms with van der Waals surface area (Å²) in [6, 6.07) is 0. The van der Waals surface area contributed by atoms with Gasteiger partial charge in [0.25, 0.3) is 0 Å². The van der Waals surface area contributed by atoms with Crippen LogP contribution in [0.3, 0.4) is 0 Å². The number of rotatable bonds is 28. The van der Waals surface area contributed by atoms with Crippen LogP contribution in [-0.2, 0) is 4.79 Å². The Morgan fingerprint density at radius 3 is 1.20 bits per heavy atom. The van der Waals surface area contributed by atoms with Crippen LogP contribution in [0.1, 0.15) is 251 Å². The van der Waals surface area contributed by atoms with Crippen LogP contribution >= 0.6 is 0 Å². The molecule has 0 atom stereocenters. The average Bonchev–Trinajstić information content (AvgIpc) is 3.05. The van der Waals surface area contributed by atoms with Gasteiger partial charge in [0.1, 0.15) is 5.78 Å². The lowest BCUT2D eigenvalue weighted by molar-refractivity contribution is -0.119. The molecule has 2 nitrogen and oxygen atoms in total. The highest BCUT2D eigenvalue weighted by atomic mass is 16.1. The number of hydrogen-bond acceptors (Lipinski definition) is 2. The molecule has 1 fully saturated rings. The largest absolute Gasteiger partial charge is 0.317 e. The topological polar surface area (TPSA) is 29.1 Å². The third-order valence-corrected chi connectivity index (χ3v) is 10.8. The van der Waals surface area contributed by atoms with E-state index in [1.165, 1.54) is 225 Å². The molecule has 1 aliphatic rings. The zero-order valence-electron chi connectivity index (χ0n) is 31.3. The van der Waals surface area contributed by atoms with Gasteiger partial charge >= 0.3 is 0 Å². The second-order valence-corrected chi connectivity index (χ2v) is 15.3. The quantitative estimate of drug-likeness (QED) is 0.0870. The third-order valence-electron chi connectivity index (χ3n) is 10.8. The molecule has 1 rings (SSSR count). The molecule has 268 valence electrons. The van der Waals surface area contributed by atoms with E-state index >= 15 is 0 Å². The molecule has 45 heavy (non-hydrogen) atoms. The van der Waals surface area contributed by atoms with Crippen molar-refractivity contribution in [3.8, 4) is 0 Å². The first-order valence-electron chi connectivity index (χ1n) is 21.6. The fraction of sp³-hybridized carbons (Fsp3) is 0.977. The van der Waals surface area contributed by atoms with Gasteiger partial charge in [-0.15, -0.1) is 0 Å². The van der Waals surface area contributed by atoms with Crippen molar-refractivity contribution < 1.29 is 4.79 Å². The zero-order chi connectivity index (χ0) is 32.1. The predicted octanol–water partition coefficient (Wildman–Crippen LogP) is 14.6. The van der Waals surface area contributed by atoms with Crippen LogP contribution in [0.2, 0.25) is 0 Å². The molecule has 0 aliphatic heterocycles. The molecule has 0 aromatic carbocycles. The molecule has 1 saturated carbocycles. The molecule has 0 unspecified atom stereocenters. The summed E-state index contributed by atoms with van der Waals surface area (Å²) in [6.45, 7) is 4.60. The Morgan fingerprint density at radius 2 is 0.756 bits per heavy atom. The van der Waals surface area contributed by atoms with Crippen molar-refractivity contribution in [2.75, 3.05) is 13.1 Å². The van der Waals surface area contributed by atoms with Crippen molar-refractivity contribution in [3.05, 3.63) is 0 Å². The summed E-state index contributed by atoms with van der Waals surface area (Å²) in [6.07, 6.45) is 52.6. The first kappa shape index (κ1) is 42.7. The molecule has 0 amide bonds. The molecule has 0 bridgehead atoms. The Hall–Kier alpha value is -0.370. The Kier molecular flexibility index (Phi) is 34.6. The van der Waals surface area contributed by atoms with Crippen molar-refractivity contribution in [3.63, 3.8) is 0 Å². The molecule has 1 N–H and O–H groups in total. The fourth-order valence-corrected chi connectivity index (χ4v) is 7.62. The minimum atomic E-state index is 0.509. The Morgan fingerprint density at radius 1 is 0.422 bits per heavy atom. The lowest BCUT2D eigenvalue weighted by atomic mass is 9.89. The molecular weight excluding hydrogens is 546 g/mol. The minimum absolute atomic E-state index is 0.509. The smallest absolute Gasteiger partial charge is 0.132 e. The number of hydrogen-bond donors (Lipinski definition) is 1. The normalized spacial score (nSPS) is 16.4. The van der Waals surface area contributed by atoms with E-state index in [1.807, 2.05) is 0 Å². The van der Waals surface area contributed by atoms with Crippen molar-refractivity contribution in [1.29, 1.82) is 0 Å². The molecule has 0 aromatic heterocycles. The summed E-state index contributed by atoms with van der Waals surface area (Å²) < 4.78 is 0. The van der Waals surface area contributed by atoms with Crippen LogP contribution in [0.25, 0.3) is 0 Å². The SMILES string of the molecule is CCCCCCCCCCCCC(=O)CCCCCNCCCCCCCCCCC1CCCCCCCCCCCCCC1. The Labute approximate surface area is 285 Å². The van der Waals surface area contributed by atoms with Gasteiger partial charge in [-0.2, -0.15) is 0 Å². The molecule has 0 aromatic rings. The van der Waals surface area contributed by atoms with Gasteiger partial charge < -0.3 is 5.32 Å². The first-order chi connectivity index (χ1) is 22.3. The van der Waals surface area contributed by atoms with E-state index in [1.54, 1.807) is 0 Å². The average molecular weight is 632 g/mol. The van der Waals surface area contributed by atoms with Crippen LogP contribution in [0.5, 0.6) is 0 Å². The summed E-state index contributed by atoms with van der Waals surface area (Å²) in [5, 5.41) is 3.64. The summed E-state index contributed by atoms with van der Waals surface area (Å²) in [4.78, 5) is 12.1. The third kappa shape index (κ3) is 33.3. The van der Waals surface area contributed by atoms with Gasteiger partial charge in [-0.3, -0.25) is 4.79 Å². The number of nitrogens with one attached hydrogen (secondary N) is 1. The molecule has 0 radical (unpaired) electrons. The zero-order valence-corrected chi connectivity index (χ0v) is 31.3. The van der Waals surface area contributed by atoms with E-state index in [-0.39, 0.29) is 0 Å². The second-order valence-electron chi connectivity index (χ2n) is 15.3. The predicted molar refractivity (Wildman–Crippen MR) is 202 cm³/mol. The summed E-state index contributed by atoms with van der Waals surface area (Å²) in [5.41, 5.74) is 0. The molecule has 0 heterocycles. The van der Waals surface area contributed by atoms with Crippen molar-refractivity contribution in [2.24, 2.45) is 5.92 Å². The molecule has 0 spiro atoms. The molecule has 1 aliphatic carbocycles. The van der Waals surface area contributed by atoms with Gasteiger partial charge in [-0.05, 0) is 44.7 Å². The molecular formula is C43H85NO. The highest BCUT2D eigenvalue weighted by Gasteiger charge is 2.09. The van der Waals surface area contributed by atoms with Crippen LogP contribution in [0.4, 0.5) is 0 Å². The van der Waals surface area contributed by atoms with Gasteiger partial charge in [0, 0.05) is 12.8 Å². The monoisotopic (exact) mass is 632 g/mol. The first-order valence-corrected chi connectivity index (χ1v) is 21.6. The summed E-state index contributed by atoms with van der Waals surface area (Å²) >= 11 is 0. The number of ketones is 1. The van der Waals surface area contributed by atoms with Gasteiger partial charge in [0.05, 0.1) is 0 Å². The number of Topliss-reactive ketones (excluding diaryl/α,β-unsaturated/α-hetero) is 1. The number of carbonyl (C=O) groups is 1. The second kappa shape index (κ2) is 36.5. The van der Waals surface area contributed by atoms with Gasteiger partial charge in [0.15, 0.2) is 0 Å². The molecule has 0 saturated heterocycles. The van der Waals surface area contributed by atoms with Gasteiger partial charge in [0.2, 0.25) is 0 Å². The molecule has 2 heteroatoms. The maximum Gasteiger partial charge on any atom is 0.132 e. The van der Waals surface area contributed by atoms with Crippen LogP contribution < -0.4 is 5.32 Å². The van der Waals surface area contributed by atoms with E-state index in [2.05, 4.69) is 12.2 Å². The van der Waals surface area contributed by atoms with E-state index in [9.17, 15) is 4.79 Å². The van der Waals surface area contributed by atoms with Crippen LogP contribution in [0, 0.1) is 5.92 Å². The van der Waals surface area contributed by atoms with Crippen molar-refractivity contribution in [2.45, 2.75) is 251 Å². The lowest BCUT2D eigenvalue weighted by Gasteiger charge is -2.17. The number of carbonyl (C=O) groups excluding carboxylic acids is 1. The van der Waals surface area contributed by atoms with Gasteiger partial charge in [-0.1, -0.05) is 212 Å². The van der Waals surface area contributed by atoms with Gasteiger partial charge in [-0.25, -0.2) is 0 Å². The van der Waals surface area contributed by atoms with Crippen LogP contribution in [0.15, 0.2) is 0 Å².